The quantitative estimate of drug-likeness (QED) is 0.488. The Morgan fingerprint density at radius 1 is 1.03 bits per heavy atom. The summed E-state index contributed by atoms with van der Waals surface area (Å²) in [6.07, 6.45) is 7.41. The van der Waals surface area contributed by atoms with Crippen molar-refractivity contribution in [2.75, 3.05) is 23.3 Å². The Morgan fingerprint density at radius 3 is 2.55 bits per heavy atom. The van der Waals surface area contributed by atoms with Gasteiger partial charge in [0.25, 0.3) is 0 Å². The number of aryl methyl sites for hydroxylation is 1. The normalized spacial score (nSPS) is 13.9. The number of hydrogen-bond acceptors (Lipinski definition) is 5. The Labute approximate surface area is 196 Å². The predicted octanol–water partition coefficient (Wildman–Crippen LogP) is 6.33. The van der Waals surface area contributed by atoms with Gasteiger partial charge in [-0.3, -0.25) is 4.98 Å². The third-order valence-corrected chi connectivity index (χ3v) is 6.30. The second-order valence-corrected chi connectivity index (χ2v) is 9.25. The number of anilines is 2. The van der Waals surface area contributed by atoms with E-state index in [-0.39, 0.29) is 0 Å². The molecule has 4 rings (SSSR count). The van der Waals surface area contributed by atoms with Crippen LogP contribution in [-0.2, 0) is 5.41 Å². The van der Waals surface area contributed by atoms with E-state index in [0.717, 1.165) is 41.5 Å². The first-order valence-corrected chi connectivity index (χ1v) is 11.5. The molecule has 33 heavy (non-hydrogen) atoms. The predicted molar refractivity (Wildman–Crippen MR) is 136 cm³/mol. The number of nitriles is 1. The van der Waals surface area contributed by atoms with Gasteiger partial charge in [0.05, 0.1) is 17.2 Å². The summed E-state index contributed by atoms with van der Waals surface area (Å²) in [5.41, 5.74) is 6.29. The maximum atomic E-state index is 9.44. The van der Waals surface area contributed by atoms with Crippen LogP contribution in [0.5, 0.6) is 0 Å². The maximum absolute atomic E-state index is 9.44. The van der Waals surface area contributed by atoms with E-state index in [0.29, 0.717) is 0 Å². The zero-order chi connectivity index (χ0) is 23.4. The van der Waals surface area contributed by atoms with Gasteiger partial charge in [-0.2, -0.15) is 5.26 Å². The zero-order valence-corrected chi connectivity index (χ0v) is 19.7. The van der Waals surface area contributed by atoms with E-state index < -0.39 is 5.41 Å². The topological polar surface area (TPSA) is 64.8 Å². The van der Waals surface area contributed by atoms with Crippen LogP contribution in [-0.4, -0.2) is 23.1 Å². The molecule has 0 amide bonds. The molecule has 1 N–H and O–H groups in total. The van der Waals surface area contributed by atoms with Crippen LogP contribution in [0, 0.1) is 18.3 Å². The van der Waals surface area contributed by atoms with Crippen LogP contribution in [0.2, 0.25) is 0 Å². The molecule has 0 radical (unpaired) electrons. The van der Waals surface area contributed by atoms with E-state index in [9.17, 15) is 5.26 Å². The summed E-state index contributed by atoms with van der Waals surface area (Å²) in [5.74, 6) is 1.05. The highest BCUT2D eigenvalue weighted by Gasteiger charge is 2.22. The van der Waals surface area contributed by atoms with Gasteiger partial charge in [-0.25, -0.2) is 4.98 Å². The Morgan fingerprint density at radius 2 is 1.79 bits per heavy atom. The Hall–Kier alpha value is -3.65. The number of pyridine rings is 2. The van der Waals surface area contributed by atoms with Crippen molar-refractivity contribution in [3.8, 4) is 17.2 Å². The van der Waals surface area contributed by atoms with E-state index in [1.165, 1.54) is 36.0 Å². The molecule has 168 valence electrons. The maximum Gasteiger partial charge on any atom is 0.129 e. The smallest absolute Gasteiger partial charge is 0.129 e. The first-order valence-electron chi connectivity index (χ1n) is 11.5. The van der Waals surface area contributed by atoms with Gasteiger partial charge in [0.15, 0.2) is 0 Å². The molecule has 1 aliphatic heterocycles. The Balaban J connectivity index is 1.58. The minimum absolute atomic E-state index is 0.652. The average Bonchev–Trinajstić information content (AvgIpc) is 2.86. The zero-order valence-electron chi connectivity index (χ0n) is 19.7. The van der Waals surface area contributed by atoms with Crippen LogP contribution in [0.25, 0.3) is 16.8 Å². The second kappa shape index (κ2) is 9.46. The second-order valence-electron chi connectivity index (χ2n) is 9.25. The lowest BCUT2D eigenvalue weighted by Gasteiger charge is -2.28. The molecule has 0 unspecified atom stereocenters. The molecule has 0 bridgehead atoms. The van der Waals surface area contributed by atoms with E-state index in [4.69, 9.17) is 0 Å². The summed E-state index contributed by atoms with van der Waals surface area (Å²) < 4.78 is 0. The largest absolute Gasteiger partial charge is 0.357 e. The van der Waals surface area contributed by atoms with Gasteiger partial charge in [-0.05, 0) is 93.1 Å². The van der Waals surface area contributed by atoms with Crippen LogP contribution in [0.3, 0.4) is 0 Å². The highest BCUT2D eigenvalue weighted by molar-refractivity contribution is 5.79. The monoisotopic (exact) mass is 437 g/mol. The molecule has 5 nitrogen and oxygen atoms in total. The summed E-state index contributed by atoms with van der Waals surface area (Å²) in [4.78, 5) is 11.4. The van der Waals surface area contributed by atoms with Crippen molar-refractivity contribution in [1.29, 1.82) is 5.26 Å². The molecule has 2 aromatic heterocycles. The van der Waals surface area contributed by atoms with Crippen molar-refractivity contribution in [3.63, 3.8) is 0 Å². The molecule has 0 saturated carbocycles. The van der Waals surface area contributed by atoms with Crippen molar-refractivity contribution in [2.45, 2.75) is 45.4 Å². The van der Waals surface area contributed by atoms with Crippen molar-refractivity contribution in [1.82, 2.24) is 9.97 Å². The van der Waals surface area contributed by atoms with Gasteiger partial charge in [-0.1, -0.05) is 12.6 Å². The number of nitrogens with zero attached hydrogens (tertiary/aromatic N) is 4. The third-order valence-electron chi connectivity index (χ3n) is 6.30. The summed E-state index contributed by atoms with van der Waals surface area (Å²) in [7, 11) is 0. The fraction of sp³-hybridized carbons (Fsp3) is 0.321. The number of hydrogen-bond donors (Lipinski definition) is 1. The molecule has 1 aliphatic rings. The molecule has 0 spiro atoms. The fourth-order valence-electron chi connectivity index (χ4n) is 4.16. The summed E-state index contributed by atoms with van der Waals surface area (Å²) in [5, 5.41) is 12.9. The Kier molecular flexibility index (Phi) is 6.46. The molecule has 0 aliphatic carbocycles. The lowest BCUT2D eigenvalue weighted by Crippen LogP contribution is -2.30. The van der Waals surface area contributed by atoms with Crippen molar-refractivity contribution in [2.24, 2.45) is 0 Å². The summed E-state index contributed by atoms with van der Waals surface area (Å²) >= 11 is 0. The van der Waals surface area contributed by atoms with Crippen LogP contribution in [0.1, 0.15) is 49.9 Å². The molecule has 5 heteroatoms. The van der Waals surface area contributed by atoms with E-state index >= 15 is 0 Å². The fourth-order valence-corrected chi connectivity index (χ4v) is 4.16. The van der Waals surface area contributed by atoms with Gasteiger partial charge in [0, 0.05) is 42.4 Å². The number of benzene rings is 1. The molecule has 1 fully saturated rings. The van der Waals surface area contributed by atoms with Gasteiger partial charge in [0.1, 0.15) is 5.82 Å². The van der Waals surface area contributed by atoms with E-state index in [2.05, 4.69) is 70.1 Å². The minimum atomic E-state index is -0.652. The van der Waals surface area contributed by atoms with Gasteiger partial charge >= 0.3 is 0 Å². The first-order chi connectivity index (χ1) is 15.9. The van der Waals surface area contributed by atoms with Crippen LogP contribution >= 0.6 is 0 Å². The molecule has 3 heterocycles. The average molecular weight is 438 g/mol. The van der Waals surface area contributed by atoms with Crippen molar-refractivity contribution >= 4 is 17.2 Å². The number of piperidine rings is 1. The van der Waals surface area contributed by atoms with E-state index in [1.807, 2.05) is 32.2 Å². The van der Waals surface area contributed by atoms with E-state index in [1.54, 1.807) is 6.20 Å². The minimum Gasteiger partial charge on any atom is -0.357 e. The molecular formula is C28H31N5. The van der Waals surface area contributed by atoms with Crippen LogP contribution in [0.4, 0.5) is 11.5 Å². The molecule has 0 atom stereocenters. The van der Waals surface area contributed by atoms with Gasteiger partial charge < -0.3 is 10.2 Å². The molecule has 1 aromatic carbocycles. The third kappa shape index (κ3) is 5.06. The Bertz CT molecular complexity index is 1200. The lowest BCUT2D eigenvalue weighted by atomic mass is 9.90. The van der Waals surface area contributed by atoms with Gasteiger partial charge in [-0.15, -0.1) is 0 Å². The molecular weight excluding hydrogens is 406 g/mol. The highest BCUT2D eigenvalue weighted by atomic mass is 15.2. The van der Waals surface area contributed by atoms with Crippen molar-refractivity contribution < 1.29 is 0 Å². The SMILES string of the molecule is C=C(Nc1ccc(C)c(-c2ccnc(N3CCCCC3)c2)c1)c1ccnc(C(C)(C)C#N)c1. The molecule has 1 saturated heterocycles. The van der Waals surface area contributed by atoms with Gasteiger partial charge in [0.2, 0.25) is 0 Å². The standard InChI is InChI=1S/C28H31N5/c1-20-8-9-24(32-21(2)22-10-12-30-26(16-22)28(3,4)19-29)18-25(20)23-11-13-31-27(17-23)33-14-6-5-7-15-33/h8-13,16-18,32H,2,5-7,14-15H2,1,3-4H3. The van der Waals surface area contributed by atoms with Crippen LogP contribution < -0.4 is 10.2 Å². The van der Waals surface area contributed by atoms with Crippen molar-refractivity contribution in [3.05, 3.63) is 78.3 Å². The summed E-state index contributed by atoms with van der Waals surface area (Å²) in [6.45, 7) is 12.3. The first kappa shape index (κ1) is 22.5. The highest BCUT2D eigenvalue weighted by Crippen LogP contribution is 2.31. The number of nitrogens with one attached hydrogen (secondary N) is 1. The summed E-state index contributed by atoms with van der Waals surface area (Å²) in [6, 6.07) is 16.8. The molecule has 3 aromatic rings. The van der Waals surface area contributed by atoms with Crippen LogP contribution in [0.15, 0.2) is 61.4 Å². The number of aromatic nitrogens is 2. The number of rotatable bonds is 6. The lowest BCUT2D eigenvalue weighted by molar-refractivity contribution is 0.573.